The van der Waals surface area contributed by atoms with Crippen LogP contribution in [0.15, 0.2) is 0 Å². The zero-order valence-electron chi connectivity index (χ0n) is 8.89. The Kier molecular flexibility index (Phi) is 6.33. The topological polar surface area (TPSA) is 152 Å². The molecule has 0 aliphatic heterocycles. The van der Waals surface area contributed by atoms with Crippen LogP contribution in [-0.4, -0.2) is 49.3 Å². The standard InChI is InChI=1S/C8H15O8P/c9-4-2-1-3-5(7(10)11)6(8(12)13)17(14,15)16/h5-6,9H,1-4H2,(H,10,11)(H,12,13)(H2,14,15,16). The third-order valence-corrected chi connectivity index (χ3v) is 3.54. The van der Waals surface area contributed by atoms with Crippen molar-refractivity contribution in [3.8, 4) is 0 Å². The number of unbranched alkanes of at least 4 members (excludes halogenated alkanes) is 1. The summed E-state index contributed by atoms with van der Waals surface area (Å²) in [5.74, 6) is -5.08. The minimum Gasteiger partial charge on any atom is -0.481 e. The van der Waals surface area contributed by atoms with Crippen molar-refractivity contribution >= 4 is 19.5 Å². The molecule has 0 fully saturated rings. The van der Waals surface area contributed by atoms with Crippen LogP contribution in [0.3, 0.4) is 0 Å². The molecule has 100 valence electrons. The highest BCUT2D eigenvalue weighted by molar-refractivity contribution is 7.53. The van der Waals surface area contributed by atoms with Gasteiger partial charge in [-0.3, -0.25) is 14.2 Å². The van der Waals surface area contributed by atoms with Crippen molar-refractivity contribution in [1.29, 1.82) is 0 Å². The molecule has 2 atom stereocenters. The summed E-state index contributed by atoms with van der Waals surface area (Å²) in [4.78, 5) is 39.2. The number of aliphatic hydroxyl groups is 1. The Bertz CT molecular complexity index is 321. The minimum atomic E-state index is -5.03. The lowest BCUT2D eigenvalue weighted by atomic mass is 9.98. The molecule has 0 rings (SSSR count). The van der Waals surface area contributed by atoms with E-state index in [1.165, 1.54) is 0 Å². The van der Waals surface area contributed by atoms with Crippen LogP contribution in [0.4, 0.5) is 0 Å². The average Bonchev–Trinajstić information content (AvgIpc) is 2.13. The predicted octanol–water partition coefficient (Wildman–Crippen LogP) is -0.519. The van der Waals surface area contributed by atoms with Crippen molar-refractivity contribution in [1.82, 2.24) is 0 Å². The molecule has 0 aliphatic carbocycles. The first kappa shape index (κ1) is 16.1. The molecule has 0 spiro atoms. The van der Waals surface area contributed by atoms with E-state index in [1.54, 1.807) is 0 Å². The maximum atomic E-state index is 11.0. The number of hydrogen-bond donors (Lipinski definition) is 5. The molecule has 0 aromatic rings. The van der Waals surface area contributed by atoms with Gasteiger partial charge in [-0.25, -0.2) is 0 Å². The van der Waals surface area contributed by atoms with Gasteiger partial charge in [-0.05, 0) is 12.8 Å². The predicted molar refractivity (Wildman–Crippen MR) is 55.5 cm³/mol. The van der Waals surface area contributed by atoms with E-state index in [9.17, 15) is 14.2 Å². The quantitative estimate of drug-likeness (QED) is 0.292. The van der Waals surface area contributed by atoms with Crippen LogP contribution in [0.1, 0.15) is 19.3 Å². The number of hydrogen-bond acceptors (Lipinski definition) is 4. The van der Waals surface area contributed by atoms with Gasteiger partial charge in [0.2, 0.25) is 0 Å². The normalized spacial score (nSPS) is 15.2. The number of rotatable bonds is 8. The fraction of sp³-hybridized carbons (Fsp3) is 0.750. The van der Waals surface area contributed by atoms with Gasteiger partial charge >= 0.3 is 19.5 Å². The Morgan fingerprint density at radius 2 is 1.59 bits per heavy atom. The van der Waals surface area contributed by atoms with Crippen molar-refractivity contribution in [2.45, 2.75) is 24.9 Å². The van der Waals surface area contributed by atoms with Crippen LogP contribution in [0.5, 0.6) is 0 Å². The van der Waals surface area contributed by atoms with Crippen molar-refractivity contribution in [3.05, 3.63) is 0 Å². The molecular formula is C8H15O8P. The summed E-state index contributed by atoms with van der Waals surface area (Å²) in [6.07, 6.45) is 0.215. The summed E-state index contributed by atoms with van der Waals surface area (Å²) < 4.78 is 11.0. The third-order valence-electron chi connectivity index (χ3n) is 2.24. The molecular weight excluding hydrogens is 255 g/mol. The van der Waals surface area contributed by atoms with E-state index in [-0.39, 0.29) is 25.9 Å². The van der Waals surface area contributed by atoms with Crippen LogP contribution in [0, 0.1) is 5.92 Å². The van der Waals surface area contributed by atoms with Gasteiger partial charge in [0.15, 0.2) is 5.66 Å². The van der Waals surface area contributed by atoms with Gasteiger partial charge in [0.25, 0.3) is 0 Å². The van der Waals surface area contributed by atoms with Gasteiger partial charge in [0, 0.05) is 6.61 Å². The van der Waals surface area contributed by atoms with E-state index in [2.05, 4.69) is 0 Å². The Hall–Kier alpha value is -0.950. The Balaban J connectivity index is 4.92. The first-order valence-electron chi connectivity index (χ1n) is 4.83. The van der Waals surface area contributed by atoms with E-state index in [1.807, 2.05) is 0 Å². The molecule has 0 aromatic carbocycles. The highest BCUT2D eigenvalue weighted by Crippen LogP contribution is 2.46. The van der Waals surface area contributed by atoms with Crippen LogP contribution in [0.2, 0.25) is 0 Å². The monoisotopic (exact) mass is 270 g/mol. The highest BCUT2D eigenvalue weighted by Gasteiger charge is 2.45. The number of carboxylic acid groups (broad SMARTS) is 2. The largest absolute Gasteiger partial charge is 0.481 e. The smallest absolute Gasteiger partial charge is 0.340 e. The zero-order valence-corrected chi connectivity index (χ0v) is 9.79. The van der Waals surface area contributed by atoms with Crippen LogP contribution < -0.4 is 0 Å². The lowest BCUT2D eigenvalue weighted by molar-refractivity contribution is -0.148. The van der Waals surface area contributed by atoms with E-state index < -0.39 is 31.1 Å². The number of aliphatic carboxylic acids is 2. The Morgan fingerprint density at radius 1 is 1.06 bits per heavy atom. The molecule has 0 saturated heterocycles. The van der Waals surface area contributed by atoms with Crippen LogP contribution in [-0.2, 0) is 14.2 Å². The van der Waals surface area contributed by atoms with Gasteiger partial charge in [-0.15, -0.1) is 0 Å². The van der Waals surface area contributed by atoms with Crippen LogP contribution >= 0.6 is 7.60 Å². The maximum Gasteiger partial charge on any atom is 0.340 e. The Labute approximate surface area is 97.1 Å². The van der Waals surface area contributed by atoms with Crippen molar-refractivity contribution < 1.29 is 39.3 Å². The molecule has 0 aromatic heterocycles. The lowest BCUT2D eigenvalue weighted by Gasteiger charge is -2.20. The maximum absolute atomic E-state index is 11.0. The minimum absolute atomic E-state index is 0.178. The van der Waals surface area contributed by atoms with Gasteiger partial charge in [0.05, 0.1) is 5.92 Å². The SMILES string of the molecule is O=C(O)C(CCCCO)C(C(=O)O)P(=O)(O)O. The zero-order chi connectivity index (χ0) is 13.6. The second-order valence-electron chi connectivity index (χ2n) is 3.54. The summed E-state index contributed by atoms with van der Waals surface area (Å²) in [7, 11) is -5.03. The molecule has 9 heteroatoms. The summed E-state index contributed by atoms with van der Waals surface area (Å²) >= 11 is 0. The fourth-order valence-corrected chi connectivity index (χ4v) is 2.48. The first-order chi connectivity index (χ1) is 7.71. The molecule has 0 radical (unpaired) electrons. The highest BCUT2D eigenvalue weighted by atomic mass is 31.2. The summed E-state index contributed by atoms with van der Waals surface area (Å²) in [5.41, 5.74) is -2.25. The molecule has 0 saturated carbocycles. The summed E-state index contributed by atoms with van der Waals surface area (Å²) in [6, 6.07) is 0. The van der Waals surface area contributed by atoms with E-state index in [0.717, 1.165) is 0 Å². The fourth-order valence-electron chi connectivity index (χ4n) is 1.44. The van der Waals surface area contributed by atoms with Gasteiger partial charge < -0.3 is 25.1 Å². The second kappa shape index (κ2) is 6.70. The molecule has 0 bridgehead atoms. The van der Waals surface area contributed by atoms with Gasteiger partial charge in [-0.1, -0.05) is 6.42 Å². The summed E-state index contributed by atoms with van der Waals surface area (Å²) in [6.45, 7) is -0.194. The molecule has 0 heterocycles. The molecule has 0 aliphatic rings. The number of carboxylic acids is 2. The lowest BCUT2D eigenvalue weighted by Crippen LogP contribution is -2.35. The second-order valence-corrected chi connectivity index (χ2v) is 5.27. The van der Waals surface area contributed by atoms with E-state index in [4.69, 9.17) is 25.1 Å². The van der Waals surface area contributed by atoms with Crippen molar-refractivity contribution in [2.75, 3.05) is 6.61 Å². The number of aliphatic hydroxyl groups excluding tert-OH is 1. The number of carbonyl (C=O) groups is 2. The summed E-state index contributed by atoms with van der Waals surface area (Å²) in [5, 5.41) is 26.0. The van der Waals surface area contributed by atoms with Crippen molar-refractivity contribution in [3.63, 3.8) is 0 Å². The third kappa shape index (κ3) is 5.27. The molecule has 5 N–H and O–H groups in total. The van der Waals surface area contributed by atoms with Crippen LogP contribution in [0.25, 0.3) is 0 Å². The molecule has 2 unspecified atom stereocenters. The Morgan fingerprint density at radius 3 is 1.88 bits per heavy atom. The van der Waals surface area contributed by atoms with Gasteiger partial charge in [0.1, 0.15) is 0 Å². The molecule has 17 heavy (non-hydrogen) atoms. The van der Waals surface area contributed by atoms with Gasteiger partial charge in [-0.2, -0.15) is 0 Å². The van der Waals surface area contributed by atoms with E-state index >= 15 is 0 Å². The van der Waals surface area contributed by atoms with E-state index in [0.29, 0.717) is 0 Å². The first-order valence-corrected chi connectivity index (χ1v) is 6.51. The van der Waals surface area contributed by atoms with Crippen molar-refractivity contribution in [2.24, 2.45) is 5.92 Å². The average molecular weight is 270 g/mol. The molecule has 0 amide bonds. The molecule has 8 nitrogen and oxygen atoms in total.